The Kier molecular flexibility index (Phi) is 4.21. The third-order valence-corrected chi connectivity index (χ3v) is 3.96. The normalized spacial score (nSPS) is 11.8. The number of carbonyl (C=O) groups excluding carboxylic acids is 1. The van der Waals surface area contributed by atoms with Crippen molar-refractivity contribution in [2.75, 3.05) is 0 Å². The first-order chi connectivity index (χ1) is 12.0. The Labute approximate surface area is 142 Å². The molecule has 126 valence electrons. The zero-order chi connectivity index (χ0) is 18.0. The van der Waals surface area contributed by atoms with E-state index in [0.717, 1.165) is 10.8 Å². The lowest BCUT2D eigenvalue weighted by atomic mass is 9.92. The van der Waals surface area contributed by atoms with Crippen LogP contribution in [0.3, 0.4) is 0 Å². The van der Waals surface area contributed by atoms with Crippen molar-refractivity contribution in [2.45, 2.75) is 6.04 Å². The zero-order valence-electron chi connectivity index (χ0n) is 13.0. The molecule has 0 radical (unpaired) electrons. The summed E-state index contributed by atoms with van der Waals surface area (Å²) in [5, 5.41) is 25.5. The van der Waals surface area contributed by atoms with Crippen LogP contribution >= 0.6 is 0 Å². The number of benzene rings is 3. The van der Waals surface area contributed by atoms with E-state index in [-0.39, 0.29) is 11.4 Å². The largest absolute Gasteiger partial charge is 0.508 e. The molecule has 0 spiro atoms. The Hall–Kier alpha value is -3.61. The minimum atomic E-state index is -0.768. The van der Waals surface area contributed by atoms with Crippen LogP contribution in [0.4, 0.5) is 10.5 Å². The fourth-order valence-corrected chi connectivity index (χ4v) is 2.84. The van der Waals surface area contributed by atoms with Crippen molar-refractivity contribution in [3.8, 4) is 5.75 Å². The number of phenolic OH excluding ortho intramolecular Hbond substituents is 1. The van der Waals surface area contributed by atoms with Gasteiger partial charge < -0.3 is 16.2 Å². The molecule has 7 heteroatoms. The molecular formula is C18H15N3O4. The Morgan fingerprint density at radius 1 is 1.08 bits per heavy atom. The predicted molar refractivity (Wildman–Crippen MR) is 93.3 cm³/mol. The summed E-state index contributed by atoms with van der Waals surface area (Å²) in [5.41, 5.74) is 6.28. The summed E-state index contributed by atoms with van der Waals surface area (Å²) in [6.45, 7) is 0. The number of nitro groups is 1. The number of nitrogens with zero attached hydrogens (tertiary/aromatic N) is 1. The van der Waals surface area contributed by atoms with Crippen molar-refractivity contribution in [3.05, 3.63) is 81.9 Å². The summed E-state index contributed by atoms with van der Waals surface area (Å²) in [7, 11) is 0. The Bertz CT molecular complexity index is 954. The third-order valence-electron chi connectivity index (χ3n) is 3.96. The van der Waals surface area contributed by atoms with Gasteiger partial charge in [0, 0.05) is 17.7 Å². The van der Waals surface area contributed by atoms with Gasteiger partial charge in [0.2, 0.25) is 0 Å². The molecule has 25 heavy (non-hydrogen) atoms. The maximum atomic E-state index is 11.5. The number of urea groups is 1. The summed E-state index contributed by atoms with van der Waals surface area (Å²) >= 11 is 0. The van der Waals surface area contributed by atoms with E-state index in [2.05, 4.69) is 5.32 Å². The molecule has 0 saturated carbocycles. The number of hydrogen-bond acceptors (Lipinski definition) is 4. The van der Waals surface area contributed by atoms with Crippen molar-refractivity contribution >= 4 is 22.5 Å². The fourth-order valence-electron chi connectivity index (χ4n) is 2.84. The van der Waals surface area contributed by atoms with Gasteiger partial charge in [-0.3, -0.25) is 10.1 Å². The lowest BCUT2D eigenvalue weighted by molar-refractivity contribution is -0.384. The minimum absolute atomic E-state index is 0.00389. The zero-order valence-corrected chi connectivity index (χ0v) is 13.0. The maximum Gasteiger partial charge on any atom is 0.312 e. The van der Waals surface area contributed by atoms with Crippen molar-refractivity contribution in [3.63, 3.8) is 0 Å². The number of non-ortho nitro benzene ring substituents is 1. The van der Waals surface area contributed by atoms with Crippen LogP contribution < -0.4 is 11.1 Å². The first-order valence-corrected chi connectivity index (χ1v) is 7.48. The number of nitrogens with one attached hydrogen (secondary N) is 1. The highest BCUT2D eigenvalue weighted by molar-refractivity contribution is 5.89. The molecule has 2 amide bonds. The van der Waals surface area contributed by atoms with Crippen LogP contribution in [0.25, 0.3) is 10.8 Å². The predicted octanol–water partition coefficient (Wildman–Crippen LogP) is 3.21. The summed E-state index contributed by atoms with van der Waals surface area (Å²) in [6, 6.07) is 14.9. The van der Waals surface area contributed by atoms with Gasteiger partial charge in [-0.05, 0) is 34.5 Å². The van der Waals surface area contributed by atoms with Gasteiger partial charge in [0.15, 0.2) is 0 Å². The molecule has 0 heterocycles. The van der Waals surface area contributed by atoms with Gasteiger partial charge >= 0.3 is 6.03 Å². The van der Waals surface area contributed by atoms with Crippen LogP contribution in [-0.4, -0.2) is 16.1 Å². The van der Waals surface area contributed by atoms with Crippen LogP contribution in [0.2, 0.25) is 0 Å². The Balaban J connectivity index is 2.18. The van der Waals surface area contributed by atoms with Gasteiger partial charge in [-0.1, -0.05) is 30.3 Å². The average Bonchev–Trinajstić information content (AvgIpc) is 2.60. The van der Waals surface area contributed by atoms with Crippen molar-refractivity contribution < 1.29 is 14.8 Å². The van der Waals surface area contributed by atoms with Crippen LogP contribution in [0.5, 0.6) is 5.75 Å². The van der Waals surface area contributed by atoms with E-state index < -0.39 is 17.0 Å². The molecule has 3 aromatic carbocycles. The number of fused-ring (bicyclic) bond motifs is 1. The highest BCUT2D eigenvalue weighted by Crippen LogP contribution is 2.36. The van der Waals surface area contributed by atoms with Gasteiger partial charge in [-0.2, -0.15) is 0 Å². The summed E-state index contributed by atoms with van der Waals surface area (Å²) < 4.78 is 0. The molecule has 0 aliphatic carbocycles. The van der Waals surface area contributed by atoms with Gasteiger partial charge in [0.05, 0.1) is 11.0 Å². The molecule has 0 bridgehead atoms. The van der Waals surface area contributed by atoms with Crippen LogP contribution in [0.1, 0.15) is 17.2 Å². The van der Waals surface area contributed by atoms with E-state index in [1.54, 1.807) is 12.1 Å². The second kappa shape index (κ2) is 6.48. The smallest absolute Gasteiger partial charge is 0.312 e. The molecular weight excluding hydrogens is 322 g/mol. The van der Waals surface area contributed by atoms with Crippen LogP contribution in [0, 0.1) is 10.1 Å². The van der Waals surface area contributed by atoms with E-state index in [9.17, 15) is 20.0 Å². The molecule has 3 rings (SSSR count). The van der Waals surface area contributed by atoms with E-state index >= 15 is 0 Å². The first-order valence-electron chi connectivity index (χ1n) is 7.48. The van der Waals surface area contributed by atoms with Crippen molar-refractivity contribution in [1.82, 2.24) is 5.32 Å². The molecule has 1 atom stereocenters. The molecule has 1 unspecified atom stereocenters. The standard InChI is InChI=1S/C18H15N3O4/c19-18(23)20-17(12-5-8-13(9-6-12)21(24)25)16-14-4-2-1-3-11(14)7-10-15(16)22/h1-10,17,22H,(H3,19,20,23). The summed E-state index contributed by atoms with van der Waals surface area (Å²) in [6.07, 6.45) is 0. The molecule has 0 aromatic heterocycles. The van der Waals surface area contributed by atoms with E-state index in [4.69, 9.17) is 5.73 Å². The second-order valence-electron chi connectivity index (χ2n) is 5.51. The molecule has 3 aromatic rings. The molecule has 0 saturated heterocycles. The Morgan fingerprint density at radius 3 is 2.40 bits per heavy atom. The van der Waals surface area contributed by atoms with Gasteiger partial charge in [0.1, 0.15) is 5.75 Å². The quantitative estimate of drug-likeness (QED) is 0.500. The number of nitrogens with two attached hydrogens (primary N) is 1. The lowest BCUT2D eigenvalue weighted by Gasteiger charge is -2.21. The number of hydrogen-bond donors (Lipinski definition) is 3. The highest BCUT2D eigenvalue weighted by atomic mass is 16.6. The SMILES string of the molecule is NC(=O)NC(c1ccc([N+](=O)[O-])cc1)c1c(O)ccc2ccccc12. The number of carbonyl (C=O) groups is 1. The number of aromatic hydroxyl groups is 1. The monoisotopic (exact) mass is 337 g/mol. The van der Waals surface area contributed by atoms with Crippen molar-refractivity contribution in [2.24, 2.45) is 5.73 Å². The van der Waals surface area contributed by atoms with Gasteiger partial charge in [-0.15, -0.1) is 0 Å². The summed E-state index contributed by atoms with van der Waals surface area (Å²) in [4.78, 5) is 21.8. The van der Waals surface area contributed by atoms with Gasteiger partial charge in [0.25, 0.3) is 5.69 Å². The summed E-state index contributed by atoms with van der Waals surface area (Å²) in [5.74, 6) is -0.00389. The van der Waals surface area contributed by atoms with Crippen LogP contribution in [0.15, 0.2) is 60.7 Å². The molecule has 7 nitrogen and oxygen atoms in total. The number of amides is 2. The third kappa shape index (κ3) is 3.20. The molecule has 0 fully saturated rings. The minimum Gasteiger partial charge on any atom is -0.508 e. The van der Waals surface area contributed by atoms with E-state index in [1.807, 2.05) is 24.3 Å². The maximum absolute atomic E-state index is 11.5. The number of nitro benzene ring substituents is 1. The molecule has 0 aliphatic rings. The number of rotatable bonds is 4. The van der Waals surface area contributed by atoms with Crippen LogP contribution in [-0.2, 0) is 0 Å². The number of phenols is 1. The van der Waals surface area contributed by atoms with Crippen molar-refractivity contribution in [1.29, 1.82) is 0 Å². The number of primary amides is 1. The van der Waals surface area contributed by atoms with E-state index in [0.29, 0.717) is 11.1 Å². The topological polar surface area (TPSA) is 118 Å². The van der Waals surface area contributed by atoms with Gasteiger partial charge in [-0.25, -0.2) is 4.79 Å². The highest BCUT2D eigenvalue weighted by Gasteiger charge is 2.22. The lowest BCUT2D eigenvalue weighted by Crippen LogP contribution is -2.34. The van der Waals surface area contributed by atoms with E-state index in [1.165, 1.54) is 24.3 Å². The molecule has 0 aliphatic heterocycles. The average molecular weight is 337 g/mol. The Morgan fingerprint density at radius 2 is 1.76 bits per heavy atom. The molecule has 4 N–H and O–H groups in total. The fraction of sp³-hybridized carbons (Fsp3) is 0.0556. The first kappa shape index (κ1) is 16.3. The second-order valence-corrected chi connectivity index (χ2v) is 5.51.